The van der Waals surface area contributed by atoms with Crippen molar-refractivity contribution < 1.29 is 19.4 Å². The first kappa shape index (κ1) is 12.4. The molecule has 88 valence electrons. The number of benzene rings is 1. The number of hydrogen-bond acceptors (Lipinski definition) is 3. The number of aryl methyl sites for hydroxylation is 2. The van der Waals surface area contributed by atoms with Gasteiger partial charge >= 0.3 is 5.97 Å². The first-order chi connectivity index (χ1) is 7.58. The lowest BCUT2D eigenvalue weighted by atomic mass is 10.0. The molecule has 0 unspecified atom stereocenters. The molecule has 4 heteroatoms. The normalized spacial score (nSPS) is 9.94. The molecular weight excluding hydrogens is 208 g/mol. The first-order valence-electron chi connectivity index (χ1n) is 5.01. The van der Waals surface area contributed by atoms with Gasteiger partial charge in [-0.25, -0.2) is 0 Å². The molecule has 0 bridgehead atoms. The zero-order valence-electron chi connectivity index (χ0n) is 9.74. The lowest BCUT2D eigenvalue weighted by molar-refractivity contribution is -0.136. The minimum atomic E-state index is -0.817. The van der Waals surface area contributed by atoms with Crippen molar-refractivity contribution in [2.75, 3.05) is 14.2 Å². The predicted octanol–water partition coefficient (Wildman–Crippen LogP) is 2.03. The fraction of sp³-hybridized carbons (Fsp3) is 0.417. The molecule has 16 heavy (non-hydrogen) atoms. The van der Waals surface area contributed by atoms with Gasteiger partial charge < -0.3 is 14.6 Å². The number of ether oxygens (including phenoxy) is 2. The fourth-order valence-electron chi connectivity index (χ4n) is 1.65. The van der Waals surface area contributed by atoms with E-state index in [1.165, 1.54) is 0 Å². The van der Waals surface area contributed by atoms with Gasteiger partial charge in [0.15, 0.2) is 0 Å². The number of rotatable bonds is 5. The highest BCUT2D eigenvalue weighted by Gasteiger charge is 2.10. The average Bonchev–Trinajstić information content (AvgIpc) is 2.25. The lowest BCUT2D eigenvalue weighted by Gasteiger charge is -2.12. The smallest absolute Gasteiger partial charge is 0.303 e. The van der Waals surface area contributed by atoms with Crippen molar-refractivity contribution in [3.8, 4) is 11.5 Å². The van der Waals surface area contributed by atoms with Crippen LogP contribution in [0.5, 0.6) is 11.5 Å². The zero-order chi connectivity index (χ0) is 12.1. The van der Waals surface area contributed by atoms with Gasteiger partial charge in [0.2, 0.25) is 0 Å². The molecule has 0 atom stereocenters. The van der Waals surface area contributed by atoms with E-state index in [9.17, 15) is 4.79 Å². The fourth-order valence-corrected chi connectivity index (χ4v) is 1.65. The Morgan fingerprint density at radius 3 is 2.50 bits per heavy atom. The molecule has 0 aliphatic rings. The monoisotopic (exact) mass is 224 g/mol. The Morgan fingerprint density at radius 1 is 1.31 bits per heavy atom. The van der Waals surface area contributed by atoms with Crippen molar-refractivity contribution in [2.45, 2.75) is 19.8 Å². The molecule has 1 N–H and O–H groups in total. The quantitative estimate of drug-likeness (QED) is 0.831. The highest BCUT2D eigenvalue weighted by molar-refractivity contribution is 5.67. The molecular formula is C12H16O4. The summed E-state index contributed by atoms with van der Waals surface area (Å²) in [6.45, 7) is 1.91. The van der Waals surface area contributed by atoms with E-state index in [4.69, 9.17) is 14.6 Å². The first-order valence-corrected chi connectivity index (χ1v) is 5.01. The third-order valence-electron chi connectivity index (χ3n) is 2.37. The van der Waals surface area contributed by atoms with Crippen LogP contribution in [0, 0.1) is 6.92 Å². The van der Waals surface area contributed by atoms with Gasteiger partial charge in [0.25, 0.3) is 0 Å². The third-order valence-corrected chi connectivity index (χ3v) is 2.37. The van der Waals surface area contributed by atoms with Crippen LogP contribution in [-0.2, 0) is 11.2 Å². The summed E-state index contributed by atoms with van der Waals surface area (Å²) < 4.78 is 10.4. The molecule has 1 aromatic carbocycles. The van der Waals surface area contributed by atoms with E-state index in [0.717, 1.165) is 22.6 Å². The van der Waals surface area contributed by atoms with Crippen LogP contribution in [-0.4, -0.2) is 25.3 Å². The SMILES string of the molecule is COc1cc(C)c(OC)c(CCC(=O)O)c1. The molecule has 1 rings (SSSR count). The average molecular weight is 224 g/mol. The summed E-state index contributed by atoms with van der Waals surface area (Å²) in [5.74, 6) is 0.642. The Hall–Kier alpha value is -1.71. The van der Waals surface area contributed by atoms with Crippen molar-refractivity contribution in [3.63, 3.8) is 0 Å². The van der Waals surface area contributed by atoms with E-state index >= 15 is 0 Å². The van der Waals surface area contributed by atoms with Crippen molar-refractivity contribution in [1.29, 1.82) is 0 Å². The summed E-state index contributed by atoms with van der Waals surface area (Å²) in [4.78, 5) is 10.5. The van der Waals surface area contributed by atoms with Gasteiger partial charge in [-0.15, -0.1) is 0 Å². The molecule has 0 saturated heterocycles. The Balaban J connectivity index is 3.02. The molecule has 0 aliphatic heterocycles. The van der Waals surface area contributed by atoms with E-state index in [-0.39, 0.29) is 6.42 Å². The second-order valence-electron chi connectivity index (χ2n) is 3.53. The van der Waals surface area contributed by atoms with E-state index in [1.807, 2.05) is 19.1 Å². The van der Waals surface area contributed by atoms with Crippen LogP contribution in [0.4, 0.5) is 0 Å². The van der Waals surface area contributed by atoms with Crippen LogP contribution in [0.15, 0.2) is 12.1 Å². The molecule has 0 amide bonds. The van der Waals surface area contributed by atoms with E-state index in [2.05, 4.69) is 0 Å². The van der Waals surface area contributed by atoms with Crippen molar-refractivity contribution >= 4 is 5.97 Å². The van der Waals surface area contributed by atoms with Crippen LogP contribution < -0.4 is 9.47 Å². The maximum atomic E-state index is 10.5. The van der Waals surface area contributed by atoms with Crippen LogP contribution in [0.1, 0.15) is 17.5 Å². The summed E-state index contributed by atoms with van der Waals surface area (Å²) >= 11 is 0. The van der Waals surface area contributed by atoms with Gasteiger partial charge in [-0.3, -0.25) is 4.79 Å². The zero-order valence-corrected chi connectivity index (χ0v) is 9.74. The van der Waals surface area contributed by atoms with Crippen molar-refractivity contribution in [1.82, 2.24) is 0 Å². The summed E-state index contributed by atoms with van der Waals surface area (Å²) in [5.41, 5.74) is 1.81. The van der Waals surface area contributed by atoms with Gasteiger partial charge in [-0.2, -0.15) is 0 Å². The molecule has 0 aromatic heterocycles. The van der Waals surface area contributed by atoms with Gasteiger partial charge in [0.05, 0.1) is 14.2 Å². The Morgan fingerprint density at radius 2 is 2.00 bits per heavy atom. The standard InChI is InChI=1S/C12H16O4/c1-8-6-10(15-2)7-9(12(8)16-3)4-5-11(13)14/h6-7H,4-5H2,1-3H3,(H,13,14). The molecule has 0 aliphatic carbocycles. The summed E-state index contributed by atoms with van der Waals surface area (Å²) in [7, 11) is 3.17. The summed E-state index contributed by atoms with van der Waals surface area (Å²) in [6, 6.07) is 3.68. The van der Waals surface area contributed by atoms with Crippen molar-refractivity contribution in [2.24, 2.45) is 0 Å². The third kappa shape index (κ3) is 2.89. The van der Waals surface area contributed by atoms with Gasteiger partial charge in [-0.05, 0) is 36.6 Å². The molecule has 0 heterocycles. The number of hydrogen-bond donors (Lipinski definition) is 1. The van der Waals surface area contributed by atoms with E-state index in [0.29, 0.717) is 6.42 Å². The molecule has 1 aromatic rings. The van der Waals surface area contributed by atoms with Gasteiger partial charge in [-0.1, -0.05) is 0 Å². The van der Waals surface area contributed by atoms with Crippen LogP contribution in [0.3, 0.4) is 0 Å². The minimum Gasteiger partial charge on any atom is -0.497 e. The van der Waals surface area contributed by atoms with Crippen LogP contribution in [0.25, 0.3) is 0 Å². The van der Waals surface area contributed by atoms with Gasteiger partial charge in [0, 0.05) is 6.42 Å². The highest BCUT2D eigenvalue weighted by Crippen LogP contribution is 2.29. The van der Waals surface area contributed by atoms with E-state index in [1.54, 1.807) is 14.2 Å². The number of methoxy groups -OCH3 is 2. The maximum Gasteiger partial charge on any atom is 0.303 e. The lowest BCUT2D eigenvalue weighted by Crippen LogP contribution is -2.01. The van der Waals surface area contributed by atoms with E-state index < -0.39 is 5.97 Å². The van der Waals surface area contributed by atoms with Crippen LogP contribution in [0.2, 0.25) is 0 Å². The minimum absolute atomic E-state index is 0.0863. The Kier molecular flexibility index (Phi) is 4.17. The maximum absolute atomic E-state index is 10.5. The van der Waals surface area contributed by atoms with Crippen LogP contribution >= 0.6 is 0 Å². The number of carboxylic acid groups (broad SMARTS) is 1. The van der Waals surface area contributed by atoms with Gasteiger partial charge in [0.1, 0.15) is 11.5 Å². The topological polar surface area (TPSA) is 55.8 Å². The number of carboxylic acids is 1. The largest absolute Gasteiger partial charge is 0.497 e. The molecule has 0 spiro atoms. The highest BCUT2D eigenvalue weighted by atomic mass is 16.5. The van der Waals surface area contributed by atoms with Crippen molar-refractivity contribution in [3.05, 3.63) is 23.3 Å². The second kappa shape index (κ2) is 5.39. The molecule has 0 fully saturated rings. The predicted molar refractivity (Wildman–Crippen MR) is 60.2 cm³/mol. The summed E-state index contributed by atoms with van der Waals surface area (Å²) in [6.07, 6.45) is 0.527. The molecule has 0 radical (unpaired) electrons. The Labute approximate surface area is 94.8 Å². The summed E-state index contributed by atoms with van der Waals surface area (Å²) in [5, 5.41) is 8.66. The number of aliphatic carboxylic acids is 1. The number of carbonyl (C=O) groups is 1. The second-order valence-corrected chi connectivity index (χ2v) is 3.53. The molecule has 0 saturated carbocycles. The Bertz CT molecular complexity index is 385. The molecule has 4 nitrogen and oxygen atoms in total.